The first-order valence-corrected chi connectivity index (χ1v) is 8.58. The van der Waals surface area contributed by atoms with E-state index in [4.69, 9.17) is 4.74 Å². The molecule has 114 valence electrons. The van der Waals surface area contributed by atoms with Crippen molar-refractivity contribution < 1.29 is 4.74 Å². The molecule has 1 saturated heterocycles. The quantitative estimate of drug-likeness (QED) is 0.823. The molecular formula is C15H26BrN3O. The number of aryl methyl sites for hydroxylation is 1. The van der Waals surface area contributed by atoms with E-state index in [-0.39, 0.29) is 0 Å². The lowest BCUT2D eigenvalue weighted by Crippen LogP contribution is -2.35. The van der Waals surface area contributed by atoms with Gasteiger partial charge in [0.2, 0.25) is 0 Å². The van der Waals surface area contributed by atoms with Crippen LogP contribution in [0.15, 0.2) is 10.7 Å². The Bertz CT molecular complexity index is 421. The van der Waals surface area contributed by atoms with Gasteiger partial charge in [0.15, 0.2) is 0 Å². The molecule has 3 atom stereocenters. The number of hydrogen-bond donors (Lipinski definition) is 1. The summed E-state index contributed by atoms with van der Waals surface area (Å²) in [6, 6.07) is 0.319. The summed E-state index contributed by atoms with van der Waals surface area (Å²) in [4.78, 5) is 0. The SMILES string of the molecule is CCCNC(c1c(Br)cnn1CC)C1CCOC1CC. The standard InChI is InChI=1S/C15H26BrN3O/c1-4-8-17-14(11-7-9-20-13(11)5-2)15-12(16)10-18-19(15)6-3/h10-11,13-14,17H,4-9H2,1-3H3. The van der Waals surface area contributed by atoms with Crippen LogP contribution in [-0.4, -0.2) is 29.0 Å². The van der Waals surface area contributed by atoms with E-state index < -0.39 is 0 Å². The molecule has 4 nitrogen and oxygen atoms in total. The monoisotopic (exact) mass is 343 g/mol. The predicted octanol–water partition coefficient (Wildman–Crippen LogP) is 3.52. The minimum Gasteiger partial charge on any atom is -0.378 e. The maximum Gasteiger partial charge on any atom is 0.0699 e. The Kier molecular flexibility index (Phi) is 6.05. The minimum absolute atomic E-state index is 0.319. The summed E-state index contributed by atoms with van der Waals surface area (Å²) in [5.41, 5.74) is 1.27. The molecule has 1 aromatic heterocycles. The summed E-state index contributed by atoms with van der Waals surface area (Å²) in [6.45, 7) is 9.37. The number of nitrogens with one attached hydrogen (secondary N) is 1. The number of rotatable bonds is 7. The zero-order valence-corrected chi connectivity index (χ0v) is 14.3. The van der Waals surface area contributed by atoms with Crippen LogP contribution in [0.3, 0.4) is 0 Å². The van der Waals surface area contributed by atoms with Crippen LogP contribution in [-0.2, 0) is 11.3 Å². The first kappa shape index (κ1) is 16.0. The Hall–Kier alpha value is -0.390. The van der Waals surface area contributed by atoms with E-state index in [9.17, 15) is 0 Å². The van der Waals surface area contributed by atoms with Gasteiger partial charge in [-0.1, -0.05) is 13.8 Å². The van der Waals surface area contributed by atoms with Crippen LogP contribution in [0.1, 0.15) is 51.8 Å². The summed E-state index contributed by atoms with van der Waals surface area (Å²) in [5.74, 6) is 0.532. The molecule has 2 rings (SSSR count). The molecule has 1 aromatic rings. The predicted molar refractivity (Wildman–Crippen MR) is 84.8 cm³/mol. The highest BCUT2D eigenvalue weighted by molar-refractivity contribution is 9.10. The van der Waals surface area contributed by atoms with Gasteiger partial charge in [-0.2, -0.15) is 5.10 Å². The van der Waals surface area contributed by atoms with Crippen LogP contribution in [0.25, 0.3) is 0 Å². The van der Waals surface area contributed by atoms with Crippen molar-refractivity contribution in [2.75, 3.05) is 13.2 Å². The van der Waals surface area contributed by atoms with Crippen molar-refractivity contribution in [1.29, 1.82) is 0 Å². The number of ether oxygens (including phenoxy) is 1. The zero-order valence-electron chi connectivity index (χ0n) is 12.7. The average Bonchev–Trinajstić information content (AvgIpc) is 3.07. The van der Waals surface area contributed by atoms with Gasteiger partial charge >= 0.3 is 0 Å². The normalized spacial score (nSPS) is 24.2. The fourth-order valence-electron chi connectivity index (χ4n) is 3.15. The van der Waals surface area contributed by atoms with Gasteiger partial charge < -0.3 is 10.1 Å². The van der Waals surface area contributed by atoms with Gasteiger partial charge in [0.1, 0.15) is 0 Å². The summed E-state index contributed by atoms with van der Waals surface area (Å²) in [5, 5.41) is 8.20. The molecule has 0 radical (unpaired) electrons. The van der Waals surface area contributed by atoms with E-state index in [1.54, 1.807) is 0 Å². The maximum atomic E-state index is 5.90. The van der Waals surface area contributed by atoms with Gasteiger partial charge in [0, 0.05) is 19.1 Å². The van der Waals surface area contributed by atoms with Gasteiger partial charge in [-0.25, -0.2) is 0 Å². The van der Waals surface area contributed by atoms with Crippen molar-refractivity contribution in [3.05, 3.63) is 16.4 Å². The van der Waals surface area contributed by atoms with Gasteiger partial charge in [0.05, 0.1) is 28.5 Å². The van der Waals surface area contributed by atoms with Crippen LogP contribution < -0.4 is 5.32 Å². The van der Waals surface area contributed by atoms with Crippen LogP contribution in [0.5, 0.6) is 0 Å². The van der Waals surface area contributed by atoms with E-state index in [0.29, 0.717) is 18.1 Å². The highest BCUT2D eigenvalue weighted by atomic mass is 79.9. The first-order valence-electron chi connectivity index (χ1n) is 7.79. The molecule has 1 aliphatic heterocycles. The highest BCUT2D eigenvalue weighted by Gasteiger charge is 2.36. The maximum absolute atomic E-state index is 5.90. The van der Waals surface area contributed by atoms with Gasteiger partial charge in [-0.05, 0) is 48.7 Å². The molecule has 20 heavy (non-hydrogen) atoms. The van der Waals surface area contributed by atoms with Crippen LogP contribution in [0, 0.1) is 5.92 Å². The van der Waals surface area contributed by atoms with E-state index >= 15 is 0 Å². The largest absolute Gasteiger partial charge is 0.378 e. The van der Waals surface area contributed by atoms with Crippen molar-refractivity contribution in [2.24, 2.45) is 5.92 Å². The van der Waals surface area contributed by atoms with E-state index in [0.717, 1.165) is 43.4 Å². The van der Waals surface area contributed by atoms with Crippen LogP contribution in [0.4, 0.5) is 0 Å². The lowest BCUT2D eigenvalue weighted by molar-refractivity contribution is 0.0763. The minimum atomic E-state index is 0.319. The van der Waals surface area contributed by atoms with E-state index in [2.05, 4.69) is 51.8 Å². The van der Waals surface area contributed by atoms with Gasteiger partial charge in [-0.15, -0.1) is 0 Å². The Morgan fingerprint density at radius 3 is 2.95 bits per heavy atom. The molecule has 0 aromatic carbocycles. The molecule has 3 unspecified atom stereocenters. The third-order valence-electron chi connectivity index (χ3n) is 4.13. The van der Waals surface area contributed by atoms with Crippen molar-refractivity contribution in [1.82, 2.24) is 15.1 Å². The van der Waals surface area contributed by atoms with Crippen LogP contribution in [0.2, 0.25) is 0 Å². The second kappa shape index (κ2) is 7.57. The van der Waals surface area contributed by atoms with Gasteiger partial charge in [0.25, 0.3) is 0 Å². The lowest BCUT2D eigenvalue weighted by atomic mass is 9.89. The Labute approximate surface area is 130 Å². The summed E-state index contributed by atoms with van der Waals surface area (Å²) < 4.78 is 9.11. The average molecular weight is 344 g/mol. The molecule has 0 amide bonds. The topological polar surface area (TPSA) is 39.1 Å². The zero-order chi connectivity index (χ0) is 14.5. The smallest absolute Gasteiger partial charge is 0.0699 e. The van der Waals surface area contributed by atoms with Crippen molar-refractivity contribution in [2.45, 2.75) is 58.7 Å². The molecule has 0 spiro atoms. The van der Waals surface area contributed by atoms with Gasteiger partial charge in [-0.3, -0.25) is 4.68 Å². The fourth-order valence-corrected chi connectivity index (χ4v) is 3.69. The second-order valence-electron chi connectivity index (χ2n) is 5.40. The summed E-state index contributed by atoms with van der Waals surface area (Å²) >= 11 is 3.68. The van der Waals surface area contributed by atoms with Crippen molar-refractivity contribution >= 4 is 15.9 Å². The number of halogens is 1. The third kappa shape index (κ3) is 3.26. The number of nitrogens with zero attached hydrogens (tertiary/aromatic N) is 2. The lowest BCUT2D eigenvalue weighted by Gasteiger charge is -2.29. The molecule has 2 heterocycles. The van der Waals surface area contributed by atoms with Crippen molar-refractivity contribution in [3.8, 4) is 0 Å². The second-order valence-corrected chi connectivity index (χ2v) is 6.25. The van der Waals surface area contributed by atoms with E-state index in [1.165, 1.54) is 5.69 Å². The third-order valence-corrected chi connectivity index (χ3v) is 4.74. The number of aromatic nitrogens is 2. The van der Waals surface area contributed by atoms with Crippen molar-refractivity contribution in [3.63, 3.8) is 0 Å². The first-order chi connectivity index (χ1) is 9.72. The molecule has 1 fully saturated rings. The number of hydrogen-bond acceptors (Lipinski definition) is 3. The molecule has 5 heteroatoms. The molecule has 1 N–H and O–H groups in total. The highest BCUT2D eigenvalue weighted by Crippen LogP contribution is 2.37. The Morgan fingerprint density at radius 2 is 2.30 bits per heavy atom. The molecule has 0 saturated carbocycles. The molecular weight excluding hydrogens is 318 g/mol. The van der Waals surface area contributed by atoms with E-state index in [1.807, 2.05) is 6.20 Å². The Morgan fingerprint density at radius 1 is 1.50 bits per heavy atom. The summed E-state index contributed by atoms with van der Waals surface area (Å²) in [7, 11) is 0. The summed E-state index contributed by atoms with van der Waals surface area (Å²) in [6.07, 6.45) is 5.61. The molecule has 0 aliphatic carbocycles. The van der Waals surface area contributed by atoms with Crippen LogP contribution >= 0.6 is 15.9 Å². The fraction of sp³-hybridized carbons (Fsp3) is 0.800. The molecule has 1 aliphatic rings. The molecule has 0 bridgehead atoms. The Balaban J connectivity index is 2.28.